The molecule has 3 aliphatic carbocycles. The van der Waals surface area contributed by atoms with Crippen molar-refractivity contribution in [2.45, 2.75) is 44.6 Å². The summed E-state index contributed by atoms with van der Waals surface area (Å²) in [5, 5.41) is 11.2. The second kappa shape index (κ2) is 3.82. The summed E-state index contributed by atoms with van der Waals surface area (Å²) in [5.41, 5.74) is 1.12. The minimum absolute atomic E-state index is 0.222. The van der Waals surface area contributed by atoms with Gasteiger partial charge in [0, 0.05) is 0 Å². The van der Waals surface area contributed by atoms with Gasteiger partial charge in [0.1, 0.15) is 5.82 Å². The summed E-state index contributed by atoms with van der Waals surface area (Å²) in [6.45, 7) is 1.99. The van der Waals surface area contributed by atoms with Crippen LogP contribution in [0.4, 0.5) is 4.39 Å². The van der Waals surface area contributed by atoms with Crippen molar-refractivity contribution in [3.63, 3.8) is 0 Å². The zero-order valence-electron chi connectivity index (χ0n) is 11.4. The fourth-order valence-electron chi connectivity index (χ4n) is 5.48. The van der Waals surface area contributed by atoms with Crippen molar-refractivity contribution in [1.29, 1.82) is 0 Å². The molecule has 1 aromatic rings. The molecular formula is C17H21FO. The van der Waals surface area contributed by atoms with Gasteiger partial charge in [0.05, 0.1) is 5.60 Å². The number of hydrogen-bond acceptors (Lipinski definition) is 1. The summed E-state index contributed by atoms with van der Waals surface area (Å²) >= 11 is 0. The Hall–Kier alpha value is -0.890. The molecule has 0 heterocycles. The second-order valence-electron chi connectivity index (χ2n) is 6.95. The maximum Gasteiger partial charge on any atom is 0.123 e. The van der Waals surface area contributed by atoms with Crippen molar-refractivity contribution in [1.82, 2.24) is 0 Å². The Morgan fingerprint density at radius 2 is 2.05 bits per heavy atom. The lowest BCUT2D eigenvalue weighted by Crippen LogP contribution is -2.39. The Labute approximate surface area is 113 Å². The lowest BCUT2D eigenvalue weighted by Gasteiger charge is -2.40. The molecule has 1 nitrogen and oxygen atoms in total. The number of halogens is 1. The lowest BCUT2D eigenvalue weighted by atomic mass is 9.69. The number of hydrogen-bond donors (Lipinski definition) is 1. The smallest absolute Gasteiger partial charge is 0.123 e. The van der Waals surface area contributed by atoms with E-state index in [4.69, 9.17) is 0 Å². The van der Waals surface area contributed by atoms with Crippen molar-refractivity contribution >= 4 is 0 Å². The quantitative estimate of drug-likeness (QED) is 0.814. The van der Waals surface area contributed by atoms with Gasteiger partial charge in [-0.1, -0.05) is 12.5 Å². The van der Waals surface area contributed by atoms with E-state index in [0.29, 0.717) is 17.8 Å². The zero-order valence-corrected chi connectivity index (χ0v) is 11.4. The molecule has 0 aliphatic heterocycles. The van der Waals surface area contributed by atoms with E-state index >= 15 is 0 Å². The van der Waals surface area contributed by atoms with Crippen molar-refractivity contribution in [2.24, 2.45) is 23.7 Å². The number of fused-ring (bicyclic) bond motifs is 5. The van der Waals surface area contributed by atoms with Gasteiger partial charge in [0.25, 0.3) is 0 Å². The number of aryl methyl sites for hydroxylation is 1. The van der Waals surface area contributed by atoms with Crippen LogP contribution in [-0.2, 0) is 5.60 Å². The molecule has 0 saturated heterocycles. The van der Waals surface area contributed by atoms with Crippen molar-refractivity contribution in [3.8, 4) is 0 Å². The van der Waals surface area contributed by atoms with E-state index in [-0.39, 0.29) is 5.82 Å². The molecule has 0 radical (unpaired) electrons. The predicted molar refractivity (Wildman–Crippen MR) is 72.1 cm³/mol. The summed E-state index contributed by atoms with van der Waals surface area (Å²) in [5.74, 6) is 2.35. The molecule has 3 fully saturated rings. The summed E-state index contributed by atoms with van der Waals surface area (Å²) in [7, 11) is 0. The SMILES string of the molecule is Cc1ccc(F)cc1C1(O)CC2CC1C1CCCC21. The molecule has 1 aromatic carbocycles. The van der Waals surface area contributed by atoms with Gasteiger partial charge in [-0.2, -0.15) is 0 Å². The molecule has 2 bridgehead atoms. The Balaban J connectivity index is 1.77. The number of benzene rings is 1. The zero-order chi connectivity index (χ0) is 13.2. The van der Waals surface area contributed by atoms with Crippen LogP contribution in [0.5, 0.6) is 0 Å². The monoisotopic (exact) mass is 260 g/mol. The Kier molecular flexibility index (Phi) is 2.39. The van der Waals surface area contributed by atoms with Crippen LogP contribution in [-0.4, -0.2) is 5.11 Å². The van der Waals surface area contributed by atoms with Gasteiger partial charge in [-0.15, -0.1) is 0 Å². The second-order valence-corrected chi connectivity index (χ2v) is 6.95. The molecule has 4 rings (SSSR count). The van der Waals surface area contributed by atoms with Crippen LogP contribution < -0.4 is 0 Å². The van der Waals surface area contributed by atoms with E-state index in [1.807, 2.05) is 6.92 Å². The Bertz CT molecular complexity index is 526. The molecule has 1 N–H and O–H groups in total. The molecule has 102 valence electrons. The minimum Gasteiger partial charge on any atom is -0.385 e. The van der Waals surface area contributed by atoms with E-state index < -0.39 is 5.60 Å². The summed E-state index contributed by atoms with van der Waals surface area (Å²) < 4.78 is 13.6. The van der Waals surface area contributed by atoms with Gasteiger partial charge in [0.2, 0.25) is 0 Å². The Morgan fingerprint density at radius 3 is 2.89 bits per heavy atom. The van der Waals surface area contributed by atoms with Crippen LogP contribution in [0.2, 0.25) is 0 Å². The van der Waals surface area contributed by atoms with Crippen molar-refractivity contribution in [3.05, 3.63) is 35.1 Å². The van der Waals surface area contributed by atoms with E-state index in [9.17, 15) is 9.50 Å². The Morgan fingerprint density at radius 1 is 1.26 bits per heavy atom. The van der Waals surface area contributed by atoms with Gasteiger partial charge < -0.3 is 5.11 Å². The van der Waals surface area contributed by atoms with Gasteiger partial charge in [-0.25, -0.2) is 4.39 Å². The molecule has 2 heteroatoms. The highest BCUT2D eigenvalue weighted by Crippen LogP contribution is 2.65. The molecule has 5 atom stereocenters. The third kappa shape index (κ3) is 1.50. The van der Waals surface area contributed by atoms with E-state index in [0.717, 1.165) is 29.9 Å². The van der Waals surface area contributed by atoms with Crippen molar-refractivity contribution < 1.29 is 9.50 Å². The lowest BCUT2D eigenvalue weighted by molar-refractivity contribution is -0.0519. The van der Waals surface area contributed by atoms with Crippen LogP contribution in [0.1, 0.15) is 43.2 Å². The molecule has 19 heavy (non-hydrogen) atoms. The topological polar surface area (TPSA) is 20.2 Å². The molecule has 3 saturated carbocycles. The van der Waals surface area contributed by atoms with Crippen LogP contribution in [0.25, 0.3) is 0 Å². The fourth-order valence-corrected chi connectivity index (χ4v) is 5.48. The molecular weight excluding hydrogens is 239 g/mol. The normalized spacial score (nSPS) is 43.7. The van der Waals surface area contributed by atoms with E-state index in [1.165, 1.54) is 25.3 Å². The highest BCUT2D eigenvalue weighted by molar-refractivity contribution is 5.35. The third-order valence-electron chi connectivity index (χ3n) is 6.16. The molecule has 5 unspecified atom stereocenters. The largest absolute Gasteiger partial charge is 0.385 e. The first-order valence-electron chi connectivity index (χ1n) is 7.58. The highest BCUT2D eigenvalue weighted by atomic mass is 19.1. The first kappa shape index (κ1) is 11.9. The van der Waals surface area contributed by atoms with Crippen LogP contribution in [0, 0.1) is 36.4 Å². The standard InChI is InChI=1S/C17H21FO/c1-10-5-6-12(18)8-15(10)17(19)9-11-7-16(17)14-4-2-3-13(11)14/h5-6,8,11,13-14,16,19H,2-4,7,9H2,1H3. The molecule has 0 amide bonds. The summed E-state index contributed by atoms with van der Waals surface area (Å²) in [6.07, 6.45) is 5.94. The maximum absolute atomic E-state index is 13.6. The highest BCUT2D eigenvalue weighted by Gasteiger charge is 2.61. The van der Waals surface area contributed by atoms with Gasteiger partial charge in [0.15, 0.2) is 0 Å². The van der Waals surface area contributed by atoms with Gasteiger partial charge in [-0.05, 0) is 79.5 Å². The van der Waals surface area contributed by atoms with E-state index in [2.05, 4.69) is 0 Å². The van der Waals surface area contributed by atoms with Crippen LogP contribution >= 0.6 is 0 Å². The summed E-state index contributed by atoms with van der Waals surface area (Å²) in [6, 6.07) is 4.87. The average Bonchev–Trinajstić information content (AvgIpc) is 3.02. The third-order valence-corrected chi connectivity index (χ3v) is 6.16. The maximum atomic E-state index is 13.6. The fraction of sp³-hybridized carbons (Fsp3) is 0.647. The summed E-state index contributed by atoms with van der Waals surface area (Å²) in [4.78, 5) is 0. The first-order valence-corrected chi connectivity index (χ1v) is 7.58. The number of rotatable bonds is 1. The van der Waals surface area contributed by atoms with Gasteiger partial charge >= 0.3 is 0 Å². The van der Waals surface area contributed by atoms with Crippen molar-refractivity contribution in [2.75, 3.05) is 0 Å². The predicted octanol–water partition coefficient (Wildman–Crippen LogP) is 3.78. The number of aliphatic hydroxyl groups is 1. The van der Waals surface area contributed by atoms with Gasteiger partial charge in [-0.3, -0.25) is 0 Å². The molecule has 0 spiro atoms. The average molecular weight is 260 g/mol. The molecule has 3 aliphatic rings. The molecule has 0 aromatic heterocycles. The van der Waals surface area contributed by atoms with E-state index in [1.54, 1.807) is 12.1 Å². The first-order chi connectivity index (χ1) is 9.09. The van der Waals surface area contributed by atoms with Crippen LogP contribution in [0.3, 0.4) is 0 Å². The minimum atomic E-state index is -0.762. The van der Waals surface area contributed by atoms with Crippen LogP contribution in [0.15, 0.2) is 18.2 Å².